The monoisotopic (exact) mass is 372 g/mol. The summed E-state index contributed by atoms with van der Waals surface area (Å²) in [6, 6.07) is 10.3. The van der Waals surface area contributed by atoms with Gasteiger partial charge in [0, 0.05) is 24.8 Å². The van der Waals surface area contributed by atoms with E-state index in [1.165, 1.54) is 11.3 Å². The van der Waals surface area contributed by atoms with Crippen molar-refractivity contribution in [2.75, 3.05) is 25.1 Å². The number of aromatic nitrogens is 2. The highest BCUT2D eigenvalue weighted by Gasteiger charge is 2.34. The van der Waals surface area contributed by atoms with E-state index in [1.807, 2.05) is 30.3 Å². The highest BCUT2D eigenvalue weighted by atomic mass is 32.1. The topological polar surface area (TPSA) is 67.4 Å². The Morgan fingerprint density at radius 3 is 2.73 bits per heavy atom. The van der Waals surface area contributed by atoms with Crippen LogP contribution in [0.2, 0.25) is 0 Å². The van der Waals surface area contributed by atoms with Gasteiger partial charge in [0.1, 0.15) is 5.01 Å². The van der Waals surface area contributed by atoms with Gasteiger partial charge in [0.25, 0.3) is 0 Å². The molecule has 6 nitrogen and oxygen atoms in total. The van der Waals surface area contributed by atoms with E-state index in [9.17, 15) is 4.79 Å². The first-order chi connectivity index (χ1) is 12.8. The van der Waals surface area contributed by atoms with Crippen LogP contribution >= 0.6 is 11.3 Å². The molecule has 1 unspecified atom stereocenters. The van der Waals surface area contributed by atoms with Gasteiger partial charge in [-0.05, 0) is 32.2 Å². The van der Waals surface area contributed by atoms with E-state index < -0.39 is 0 Å². The van der Waals surface area contributed by atoms with Gasteiger partial charge >= 0.3 is 0 Å². The Hall–Kier alpha value is -1.83. The van der Waals surface area contributed by atoms with Gasteiger partial charge in [-0.15, -0.1) is 10.2 Å². The zero-order valence-electron chi connectivity index (χ0n) is 14.8. The molecule has 1 N–H and O–H groups in total. The van der Waals surface area contributed by atoms with Gasteiger partial charge < -0.3 is 4.74 Å². The van der Waals surface area contributed by atoms with Crippen molar-refractivity contribution < 1.29 is 9.53 Å². The van der Waals surface area contributed by atoms with E-state index in [1.54, 1.807) is 0 Å². The van der Waals surface area contributed by atoms with Crippen LogP contribution in [0.3, 0.4) is 0 Å². The second-order valence-electron chi connectivity index (χ2n) is 6.86. The molecule has 2 aliphatic rings. The maximum Gasteiger partial charge on any atom is 0.243 e. The molecule has 1 amide bonds. The van der Waals surface area contributed by atoms with Gasteiger partial charge in [0.2, 0.25) is 11.0 Å². The summed E-state index contributed by atoms with van der Waals surface area (Å²) in [4.78, 5) is 15.3. The Bertz CT molecular complexity index is 730. The zero-order valence-corrected chi connectivity index (χ0v) is 15.6. The molecule has 0 radical (unpaired) electrons. The van der Waals surface area contributed by atoms with E-state index in [2.05, 4.69) is 20.4 Å². The number of hydrogen-bond acceptors (Lipinski definition) is 6. The van der Waals surface area contributed by atoms with Gasteiger partial charge in [-0.25, -0.2) is 0 Å². The molecule has 4 rings (SSSR count). The number of likely N-dealkylation sites (tertiary alicyclic amines) is 1. The zero-order chi connectivity index (χ0) is 17.8. The van der Waals surface area contributed by atoms with Crippen molar-refractivity contribution in [3.8, 4) is 10.6 Å². The molecule has 2 aromatic rings. The molecular weight excluding hydrogens is 348 g/mol. The third kappa shape index (κ3) is 3.95. The number of nitrogens with zero attached hydrogens (tertiary/aromatic N) is 3. The lowest BCUT2D eigenvalue weighted by Crippen LogP contribution is -2.53. The van der Waals surface area contributed by atoms with E-state index in [0.29, 0.717) is 11.2 Å². The van der Waals surface area contributed by atoms with Crippen LogP contribution in [0.1, 0.15) is 32.1 Å². The van der Waals surface area contributed by atoms with E-state index in [4.69, 9.17) is 4.74 Å². The molecule has 3 heterocycles. The fraction of sp³-hybridized carbons (Fsp3) is 0.526. The summed E-state index contributed by atoms with van der Waals surface area (Å²) in [5.41, 5.74) is 1.02. The molecule has 0 saturated carbocycles. The molecule has 138 valence electrons. The number of carbonyl (C=O) groups excluding carboxylic acids is 1. The molecule has 1 aromatic carbocycles. The number of hydrogen-bond donors (Lipinski definition) is 1. The summed E-state index contributed by atoms with van der Waals surface area (Å²) in [7, 11) is 0. The Kier molecular flexibility index (Phi) is 5.57. The van der Waals surface area contributed by atoms with Crippen LogP contribution in [-0.2, 0) is 9.53 Å². The van der Waals surface area contributed by atoms with E-state index in [-0.39, 0.29) is 11.9 Å². The van der Waals surface area contributed by atoms with Gasteiger partial charge in [-0.1, -0.05) is 48.1 Å². The van der Waals surface area contributed by atoms with Crippen LogP contribution in [0, 0.1) is 0 Å². The van der Waals surface area contributed by atoms with Gasteiger partial charge in [0.05, 0.1) is 6.04 Å². The van der Waals surface area contributed by atoms with Crippen LogP contribution in [0.15, 0.2) is 30.3 Å². The van der Waals surface area contributed by atoms with Crippen molar-refractivity contribution in [2.45, 2.75) is 44.2 Å². The van der Waals surface area contributed by atoms with Crippen molar-refractivity contribution in [1.29, 1.82) is 0 Å². The number of amides is 1. The smallest absolute Gasteiger partial charge is 0.243 e. The standard InChI is InChI=1S/C19H24N4O2S/c24-17(16-8-4-5-11-23(16)15-9-12-25-13-10-15)20-19-22-21-18(26-19)14-6-2-1-3-7-14/h1-3,6-7,15-16H,4-5,8-13H2,(H,20,22,24). The first-order valence-electron chi connectivity index (χ1n) is 9.34. The van der Waals surface area contributed by atoms with Crippen molar-refractivity contribution >= 4 is 22.4 Å². The molecule has 2 fully saturated rings. The Balaban J connectivity index is 1.44. The number of anilines is 1. The molecule has 2 saturated heterocycles. The second-order valence-corrected chi connectivity index (χ2v) is 7.84. The summed E-state index contributed by atoms with van der Waals surface area (Å²) < 4.78 is 5.48. The predicted octanol–water partition coefficient (Wildman–Crippen LogP) is 3.18. The largest absolute Gasteiger partial charge is 0.381 e. The number of carbonyl (C=O) groups is 1. The molecule has 1 atom stereocenters. The fourth-order valence-electron chi connectivity index (χ4n) is 3.85. The molecule has 2 aliphatic heterocycles. The van der Waals surface area contributed by atoms with Crippen molar-refractivity contribution in [3.63, 3.8) is 0 Å². The maximum absolute atomic E-state index is 12.9. The van der Waals surface area contributed by atoms with Gasteiger partial charge in [-0.2, -0.15) is 0 Å². The Labute approximate surface area is 157 Å². The lowest BCUT2D eigenvalue weighted by Gasteiger charge is -2.41. The third-order valence-electron chi connectivity index (χ3n) is 5.18. The summed E-state index contributed by atoms with van der Waals surface area (Å²) in [5.74, 6) is 0.0481. The molecular formula is C19H24N4O2S. The maximum atomic E-state index is 12.9. The molecule has 0 aliphatic carbocycles. The number of benzene rings is 1. The molecule has 26 heavy (non-hydrogen) atoms. The minimum Gasteiger partial charge on any atom is -0.381 e. The van der Waals surface area contributed by atoms with E-state index in [0.717, 1.165) is 62.4 Å². The summed E-state index contributed by atoms with van der Waals surface area (Å²) >= 11 is 1.42. The van der Waals surface area contributed by atoms with Crippen molar-refractivity contribution in [3.05, 3.63) is 30.3 Å². The number of piperidine rings is 1. The lowest BCUT2D eigenvalue weighted by molar-refractivity contribution is -0.124. The van der Waals surface area contributed by atoms with Crippen LogP contribution < -0.4 is 5.32 Å². The molecule has 0 bridgehead atoms. The number of nitrogens with one attached hydrogen (secondary N) is 1. The van der Waals surface area contributed by atoms with Crippen molar-refractivity contribution in [1.82, 2.24) is 15.1 Å². The summed E-state index contributed by atoms with van der Waals surface area (Å²) in [6.07, 6.45) is 5.20. The molecule has 7 heteroatoms. The predicted molar refractivity (Wildman–Crippen MR) is 102 cm³/mol. The highest BCUT2D eigenvalue weighted by Crippen LogP contribution is 2.28. The van der Waals surface area contributed by atoms with Crippen molar-refractivity contribution in [2.24, 2.45) is 0 Å². The quantitative estimate of drug-likeness (QED) is 0.893. The van der Waals surface area contributed by atoms with Gasteiger partial charge in [-0.3, -0.25) is 15.0 Å². The minimum absolute atomic E-state index is 0.0481. The van der Waals surface area contributed by atoms with Gasteiger partial charge in [0.15, 0.2) is 0 Å². The number of ether oxygens (including phenoxy) is 1. The normalized spacial score (nSPS) is 22.2. The Morgan fingerprint density at radius 1 is 1.12 bits per heavy atom. The first-order valence-corrected chi connectivity index (χ1v) is 10.2. The van der Waals surface area contributed by atoms with Crippen LogP contribution in [0.4, 0.5) is 5.13 Å². The Morgan fingerprint density at radius 2 is 1.92 bits per heavy atom. The lowest BCUT2D eigenvalue weighted by atomic mass is 9.96. The summed E-state index contributed by atoms with van der Waals surface area (Å²) in [5, 5.41) is 12.8. The van der Waals surface area contributed by atoms with Crippen LogP contribution in [-0.4, -0.2) is 52.8 Å². The average Bonchev–Trinajstić information content (AvgIpc) is 3.18. The molecule has 0 spiro atoms. The van der Waals surface area contributed by atoms with Crippen LogP contribution in [0.25, 0.3) is 10.6 Å². The highest BCUT2D eigenvalue weighted by molar-refractivity contribution is 7.18. The average molecular weight is 372 g/mol. The number of rotatable bonds is 4. The van der Waals surface area contributed by atoms with E-state index >= 15 is 0 Å². The third-order valence-corrected chi connectivity index (χ3v) is 6.07. The fourth-order valence-corrected chi connectivity index (χ4v) is 4.60. The second kappa shape index (κ2) is 8.24. The van der Waals surface area contributed by atoms with Crippen LogP contribution in [0.5, 0.6) is 0 Å². The minimum atomic E-state index is -0.0732. The summed E-state index contributed by atoms with van der Waals surface area (Å²) in [6.45, 7) is 2.59. The SMILES string of the molecule is O=C(Nc1nnc(-c2ccccc2)s1)C1CCCCN1C1CCOCC1. The molecule has 1 aromatic heterocycles. The first kappa shape index (κ1) is 17.6.